The maximum absolute atomic E-state index is 12.6. The maximum Gasteiger partial charge on any atom is 0.254 e. The Hall–Kier alpha value is -3.16. The molecule has 0 aliphatic rings. The summed E-state index contributed by atoms with van der Waals surface area (Å²) < 4.78 is 1.61. The van der Waals surface area contributed by atoms with Gasteiger partial charge in [-0.1, -0.05) is 0 Å². The first kappa shape index (κ1) is 14.8. The van der Waals surface area contributed by atoms with E-state index in [2.05, 4.69) is 15.5 Å². The summed E-state index contributed by atoms with van der Waals surface area (Å²) in [4.78, 5) is 24.8. The summed E-state index contributed by atoms with van der Waals surface area (Å²) in [5, 5.41) is 11.4. The van der Waals surface area contributed by atoms with Gasteiger partial charge in [0, 0.05) is 23.7 Å². The molecule has 0 atom stereocenters. The molecule has 3 N–H and O–H groups in total. The van der Waals surface area contributed by atoms with Crippen molar-refractivity contribution in [3.05, 3.63) is 36.2 Å². The van der Waals surface area contributed by atoms with Crippen LogP contribution in [0, 0.1) is 6.92 Å². The molecule has 23 heavy (non-hydrogen) atoms. The lowest BCUT2D eigenvalue weighted by atomic mass is 10.2. The number of amides is 1. The number of carbonyl (C=O) groups excluding carboxylic acids is 2. The lowest BCUT2D eigenvalue weighted by Crippen LogP contribution is -2.20. The Kier molecular flexibility index (Phi) is 3.57. The van der Waals surface area contributed by atoms with Crippen LogP contribution in [0.2, 0.25) is 0 Å². The molecule has 0 saturated carbocycles. The number of hydrogen-bond acceptors (Lipinski definition) is 5. The van der Waals surface area contributed by atoms with E-state index in [1.165, 1.54) is 17.9 Å². The second-order valence-electron chi connectivity index (χ2n) is 5.27. The molecule has 1 aromatic carbocycles. The zero-order chi connectivity index (χ0) is 16.6. The fourth-order valence-electron chi connectivity index (χ4n) is 2.51. The number of nitrogen functional groups attached to an aromatic ring is 1. The summed E-state index contributed by atoms with van der Waals surface area (Å²) in [5.41, 5.74) is 8.02. The van der Waals surface area contributed by atoms with Gasteiger partial charge in [0.15, 0.2) is 5.82 Å². The lowest BCUT2D eigenvalue weighted by Gasteiger charge is -2.06. The Morgan fingerprint density at radius 2 is 2.09 bits per heavy atom. The van der Waals surface area contributed by atoms with Crippen LogP contribution in [0.4, 0.5) is 11.5 Å². The minimum absolute atomic E-state index is 0.0332. The minimum atomic E-state index is -0.242. The van der Waals surface area contributed by atoms with E-state index >= 15 is 0 Å². The molecule has 0 aliphatic heterocycles. The molecule has 1 amide bonds. The quantitative estimate of drug-likeness (QED) is 0.711. The molecule has 3 aromatic rings. The smallest absolute Gasteiger partial charge is 0.254 e. The fraction of sp³-hybridized carbons (Fsp3) is 0.200. The monoisotopic (exact) mass is 312 g/mol. The summed E-state index contributed by atoms with van der Waals surface area (Å²) in [6.07, 6.45) is 1.40. The molecule has 0 aliphatic carbocycles. The van der Waals surface area contributed by atoms with Crippen LogP contribution in [0.15, 0.2) is 30.5 Å². The molecule has 0 spiro atoms. The summed E-state index contributed by atoms with van der Waals surface area (Å²) in [6, 6.07) is 7.30. The van der Waals surface area contributed by atoms with E-state index in [0.717, 1.165) is 16.6 Å². The van der Waals surface area contributed by atoms with Crippen LogP contribution in [-0.2, 0) is 11.3 Å². The third kappa shape index (κ3) is 2.91. The Bertz CT molecular complexity index is 908. The summed E-state index contributed by atoms with van der Waals surface area (Å²) >= 11 is 0. The number of hydrogen-bond donors (Lipinski definition) is 2. The molecule has 2 heterocycles. The highest BCUT2D eigenvalue weighted by Gasteiger charge is 2.14. The zero-order valence-electron chi connectivity index (χ0n) is 12.8. The Morgan fingerprint density at radius 3 is 2.83 bits per heavy atom. The molecule has 0 saturated heterocycles. The summed E-state index contributed by atoms with van der Waals surface area (Å²) in [7, 11) is 0. The normalized spacial score (nSPS) is 10.9. The van der Waals surface area contributed by atoms with Crippen molar-refractivity contribution in [3.63, 3.8) is 0 Å². The Balaban J connectivity index is 1.87. The predicted octanol–water partition coefficient (Wildman–Crippen LogP) is 1.42. The van der Waals surface area contributed by atoms with Crippen LogP contribution in [-0.4, -0.2) is 31.4 Å². The van der Waals surface area contributed by atoms with Gasteiger partial charge in [-0.05, 0) is 31.2 Å². The van der Waals surface area contributed by atoms with Gasteiger partial charge in [0.1, 0.15) is 6.54 Å². The number of carbonyl (C=O) groups is 2. The van der Waals surface area contributed by atoms with Crippen LogP contribution in [0.5, 0.6) is 0 Å². The van der Waals surface area contributed by atoms with E-state index in [0.29, 0.717) is 11.5 Å². The maximum atomic E-state index is 12.6. The summed E-state index contributed by atoms with van der Waals surface area (Å²) in [5.74, 6) is -0.104. The highest BCUT2D eigenvalue weighted by Crippen LogP contribution is 2.22. The van der Waals surface area contributed by atoms with Crippen LogP contribution in [0.25, 0.3) is 10.9 Å². The Labute approximate surface area is 131 Å². The first-order valence-electron chi connectivity index (χ1n) is 7.02. The van der Waals surface area contributed by atoms with Crippen molar-refractivity contribution < 1.29 is 9.59 Å². The SMILES string of the molecule is CC(=O)Nc1cnn(CC(=O)n2c(C)cc3cc(N)ccc32)n1. The second-order valence-corrected chi connectivity index (χ2v) is 5.27. The first-order chi connectivity index (χ1) is 10.9. The van der Waals surface area contributed by atoms with Crippen molar-refractivity contribution in [1.29, 1.82) is 0 Å². The molecule has 118 valence electrons. The zero-order valence-corrected chi connectivity index (χ0v) is 12.8. The standard InChI is InChI=1S/C15H16N6O2/c1-9-5-11-6-12(16)3-4-13(11)21(9)15(23)8-20-17-7-14(19-20)18-10(2)22/h3-7H,8,16H2,1-2H3,(H,18,19,22). The predicted molar refractivity (Wildman–Crippen MR) is 86.0 cm³/mol. The molecule has 8 nitrogen and oxygen atoms in total. The van der Waals surface area contributed by atoms with Crippen molar-refractivity contribution in [3.8, 4) is 0 Å². The number of nitrogens with one attached hydrogen (secondary N) is 1. The van der Waals surface area contributed by atoms with Crippen molar-refractivity contribution >= 4 is 34.2 Å². The lowest BCUT2D eigenvalue weighted by molar-refractivity contribution is -0.114. The molecule has 0 unspecified atom stereocenters. The average Bonchev–Trinajstić information content (AvgIpc) is 3.00. The highest BCUT2D eigenvalue weighted by molar-refractivity contribution is 5.94. The number of nitrogens with zero attached hydrogens (tertiary/aromatic N) is 4. The third-order valence-electron chi connectivity index (χ3n) is 3.38. The number of benzene rings is 1. The number of fused-ring (bicyclic) bond motifs is 1. The number of aryl methyl sites for hydroxylation is 1. The van der Waals surface area contributed by atoms with Gasteiger partial charge in [0.25, 0.3) is 5.91 Å². The third-order valence-corrected chi connectivity index (χ3v) is 3.38. The number of rotatable bonds is 3. The molecule has 3 rings (SSSR count). The molecular weight excluding hydrogens is 296 g/mol. The van der Waals surface area contributed by atoms with Gasteiger partial charge in [-0.15, -0.1) is 5.10 Å². The van der Waals surface area contributed by atoms with Crippen molar-refractivity contribution in [1.82, 2.24) is 19.6 Å². The minimum Gasteiger partial charge on any atom is -0.399 e. The van der Waals surface area contributed by atoms with Gasteiger partial charge < -0.3 is 11.1 Å². The van der Waals surface area contributed by atoms with Crippen molar-refractivity contribution in [2.24, 2.45) is 0 Å². The van der Waals surface area contributed by atoms with E-state index in [1.54, 1.807) is 10.6 Å². The van der Waals surface area contributed by atoms with Crippen LogP contribution in [0.1, 0.15) is 17.4 Å². The second kappa shape index (κ2) is 5.56. The number of aromatic nitrogens is 4. The van der Waals surface area contributed by atoms with Gasteiger partial charge >= 0.3 is 0 Å². The highest BCUT2D eigenvalue weighted by atomic mass is 16.2. The van der Waals surface area contributed by atoms with Gasteiger partial charge in [-0.2, -0.15) is 9.90 Å². The van der Waals surface area contributed by atoms with E-state index in [-0.39, 0.29) is 18.4 Å². The van der Waals surface area contributed by atoms with Crippen molar-refractivity contribution in [2.45, 2.75) is 20.4 Å². The van der Waals surface area contributed by atoms with Crippen LogP contribution < -0.4 is 11.1 Å². The van der Waals surface area contributed by atoms with Crippen LogP contribution >= 0.6 is 0 Å². The van der Waals surface area contributed by atoms with Gasteiger partial charge in [0.2, 0.25) is 5.91 Å². The molecule has 2 aromatic heterocycles. The van der Waals surface area contributed by atoms with Gasteiger partial charge in [-0.25, -0.2) is 0 Å². The van der Waals surface area contributed by atoms with E-state index in [1.807, 2.05) is 25.1 Å². The first-order valence-corrected chi connectivity index (χ1v) is 7.02. The molecule has 0 fully saturated rings. The topological polar surface area (TPSA) is 108 Å². The number of nitrogens with two attached hydrogens (primary N) is 1. The molecule has 0 bridgehead atoms. The molecular formula is C15H16N6O2. The van der Waals surface area contributed by atoms with E-state index in [4.69, 9.17) is 5.73 Å². The van der Waals surface area contributed by atoms with Crippen molar-refractivity contribution in [2.75, 3.05) is 11.1 Å². The number of anilines is 2. The van der Waals surface area contributed by atoms with Gasteiger partial charge in [0.05, 0.1) is 11.7 Å². The largest absolute Gasteiger partial charge is 0.399 e. The van der Waals surface area contributed by atoms with E-state index < -0.39 is 0 Å². The van der Waals surface area contributed by atoms with Crippen LogP contribution in [0.3, 0.4) is 0 Å². The fourth-order valence-corrected chi connectivity index (χ4v) is 2.51. The average molecular weight is 312 g/mol. The Morgan fingerprint density at radius 1 is 1.30 bits per heavy atom. The molecule has 0 radical (unpaired) electrons. The van der Waals surface area contributed by atoms with Gasteiger partial charge in [-0.3, -0.25) is 14.2 Å². The summed E-state index contributed by atoms with van der Waals surface area (Å²) in [6.45, 7) is 3.20. The van der Waals surface area contributed by atoms with E-state index in [9.17, 15) is 9.59 Å². The molecule has 8 heteroatoms.